The summed E-state index contributed by atoms with van der Waals surface area (Å²) in [7, 11) is 3.16. The van der Waals surface area contributed by atoms with E-state index in [9.17, 15) is 4.79 Å². The normalized spacial score (nSPS) is 10.0. The Labute approximate surface area is 88.4 Å². The van der Waals surface area contributed by atoms with Crippen LogP contribution in [0.3, 0.4) is 0 Å². The van der Waals surface area contributed by atoms with Gasteiger partial charge in [-0.25, -0.2) is 0 Å². The molecule has 0 aliphatic heterocycles. The third-order valence-corrected chi connectivity index (χ3v) is 2.00. The first-order valence-electron chi connectivity index (χ1n) is 4.54. The molecule has 0 saturated heterocycles. The lowest BCUT2D eigenvalue weighted by atomic mass is 10.1. The third-order valence-electron chi connectivity index (χ3n) is 2.00. The Balaban J connectivity index is 2.93. The number of carboxylic acids is 1. The second-order valence-electron chi connectivity index (χ2n) is 3.15. The molecule has 4 heteroatoms. The highest BCUT2D eigenvalue weighted by molar-refractivity contribution is 5.70. The van der Waals surface area contributed by atoms with Gasteiger partial charge in [-0.2, -0.15) is 0 Å². The van der Waals surface area contributed by atoms with Crippen LogP contribution in [0.1, 0.15) is 11.1 Å². The Kier molecular flexibility index (Phi) is 4.12. The van der Waals surface area contributed by atoms with Gasteiger partial charge in [-0.1, -0.05) is 6.07 Å². The maximum atomic E-state index is 10.5. The summed E-state index contributed by atoms with van der Waals surface area (Å²) in [6, 6.07) is 5.29. The molecule has 0 radical (unpaired) electrons. The predicted octanol–water partition coefficient (Wildman–Crippen LogP) is 1.47. The molecule has 0 aliphatic rings. The second kappa shape index (κ2) is 5.36. The molecule has 0 unspecified atom stereocenters. The zero-order chi connectivity index (χ0) is 11.3. The molecule has 1 rings (SSSR count). The van der Waals surface area contributed by atoms with Crippen LogP contribution in [-0.2, 0) is 22.6 Å². The number of hydrogen-bond acceptors (Lipinski definition) is 3. The molecule has 1 aromatic rings. The molecule has 0 amide bonds. The van der Waals surface area contributed by atoms with E-state index < -0.39 is 5.97 Å². The number of carbonyl (C=O) groups is 1. The summed E-state index contributed by atoms with van der Waals surface area (Å²) in [6.45, 7) is 0.413. The molecule has 82 valence electrons. The van der Waals surface area contributed by atoms with Gasteiger partial charge in [0.15, 0.2) is 0 Å². The summed E-state index contributed by atoms with van der Waals surface area (Å²) in [5.74, 6) is -0.130. The summed E-state index contributed by atoms with van der Waals surface area (Å²) >= 11 is 0. The average molecular weight is 210 g/mol. The van der Waals surface area contributed by atoms with Crippen molar-refractivity contribution in [2.45, 2.75) is 13.0 Å². The van der Waals surface area contributed by atoms with Gasteiger partial charge in [0.05, 0.1) is 20.1 Å². The van der Waals surface area contributed by atoms with E-state index in [0.717, 1.165) is 11.1 Å². The first-order chi connectivity index (χ1) is 7.17. The van der Waals surface area contributed by atoms with Crippen LogP contribution in [0, 0.1) is 0 Å². The lowest BCUT2D eigenvalue weighted by Crippen LogP contribution is -2.02. The lowest BCUT2D eigenvalue weighted by molar-refractivity contribution is -0.136. The van der Waals surface area contributed by atoms with Gasteiger partial charge >= 0.3 is 5.97 Å². The van der Waals surface area contributed by atoms with E-state index in [1.54, 1.807) is 32.4 Å². The SMILES string of the molecule is COCc1cc(CC(=O)O)ccc1OC. The molecule has 0 aliphatic carbocycles. The number of ether oxygens (including phenoxy) is 2. The summed E-state index contributed by atoms with van der Waals surface area (Å²) < 4.78 is 10.1. The molecule has 15 heavy (non-hydrogen) atoms. The number of hydrogen-bond donors (Lipinski definition) is 1. The first-order valence-corrected chi connectivity index (χ1v) is 4.54. The average Bonchev–Trinajstić information content (AvgIpc) is 2.18. The molecule has 4 nitrogen and oxygen atoms in total. The van der Waals surface area contributed by atoms with Gasteiger partial charge in [0.1, 0.15) is 5.75 Å². The van der Waals surface area contributed by atoms with Crippen molar-refractivity contribution in [2.24, 2.45) is 0 Å². The summed E-state index contributed by atoms with van der Waals surface area (Å²) in [4.78, 5) is 10.5. The van der Waals surface area contributed by atoms with Gasteiger partial charge in [-0.05, 0) is 17.7 Å². The zero-order valence-corrected chi connectivity index (χ0v) is 8.82. The van der Waals surface area contributed by atoms with Crippen LogP contribution < -0.4 is 4.74 Å². The lowest BCUT2D eigenvalue weighted by Gasteiger charge is -2.09. The van der Waals surface area contributed by atoms with Crippen molar-refractivity contribution < 1.29 is 19.4 Å². The number of carboxylic acid groups (broad SMARTS) is 1. The van der Waals surface area contributed by atoms with Crippen LogP contribution in [0.4, 0.5) is 0 Å². The van der Waals surface area contributed by atoms with Crippen molar-refractivity contribution in [3.05, 3.63) is 29.3 Å². The highest BCUT2D eigenvalue weighted by Gasteiger charge is 2.06. The van der Waals surface area contributed by atoms with Gasteiger partial charge < -0.3 is 14.6 Å². The van der Waals surface area contributed by atoms with Crippen molar-refractivity contribution in [3.63, 3.8) is 0 Å². The highest BCUT2D eigenvalue weighted by atomic mass is 16.5. The molecular weight excluding hydrogens is 196 g/mol. The van der Waals surface area contributed by atoms with E-state index in [1.165, 1.54) is 0 Å². The van der Waals surface area contributed by atoms with Crippen molar-refractivity contribution in [1.82, 2.24) is 0 Å². The molecule has 1 aromatic carbocycles. The van der Waals surface area contributed by atoms with E-state index in [0.29, 0.717) is 12.4 Å². The maximum Gasteiger partial charge on any atom is 0.307 e. The summed E-state index contributed by atoms with van der Waals surface area (Å²) in [6.07, 6.45) is 0.0146. The van der Waals surface area contributed by atoms with Crippen molar-refractivity contribution in [1.29, 1.82) is 0 Å². The van der Waals surface area contributed by atoms with Gasteiger partial charge in [-0.3, -0.25) is 4.79 Å². The fourth-order valence-electron chi connectivity index (χ4n) is 1.38. The molecule has 0 bridgehead atoms. The van der Waals surface area contributed by atoms with Crippen molar-refractivity contribution in [3.8, 4) is 5.75 Å². The third kappa shape index (κ3) is 3.25. The second-order valence-corrected chi connectivity index (χ2v) is 3.15. The Morgan fingerprint density at radius 1 is 1.40 bits per heavy atom. The smallest absolute Gasteiger partial charge is 0.307 e. The minimum atomic E-state index is -0.844. The Bertz CT molecular complexity index is 346. The minimum absolute atomic E-state index is 0.0146. The highest BCUT2D eigenvalue weighted by Crippen LogP contribution is 2.20. The van der Waals surface area contributed by atoms with Gasteiger partial charge in [0, 0.05) is 12.7 Å². The number of rotatable bonds is 5. The maximum absolute atomic E-state index is 10.5. The van der Waals surface area contributed by atoms with Gasteiger partial charge in [0.25, 0.3) is 0 Å². The van der Waals surface area contributed by atoms with Crippen molar-refractivity contribution in [2.75, 3.05) is 14.2 Å². The quantitative estimate of drug-likeness (QED) is 0.799. The number of aliphatic carboxylic acids is 1. The largest absolute Gasteiger partial charge is 0.496 e. The molecule has 1 N–H and O–H groups in total. The zero-order valence-electron chi connectivity index (χ0n) is 8.82. The van der Waals surface area contributed by atoms with Crippen LogP contribution >= 0.6 is 0 Å². The Hall–Kier alpha value is -1.55. The minimum Gasteiger partial charge on any atom is -0.496 e. The standard InChI is InChI=1S/C11H14O4/c1-14-7-9-5-8(6-11(12)13)3-4-10(9)15-2/h3-5H,6-7H2,1-2H3,(H,12,13). The fourth-order valence-corrected chi connectivity index (χ4v) is 1.38. The van der Waals surface area contributed by atoms with E-state index in [2.05, 4.69) is 0 Å². The summed E-state index contributed by atoms with van der Waals surface area (Å²) in [5, 5.41) is 8.65. The molecule has 0 heterocycles. The topological polar surface area (TPSA) is 55.8 Å². The van der Waals surface area contributed by atoms with E-state index >= 15 is 0 Å². The molecule has 0 aromatic heterocycles. The number of methoxy groups -OCH3 is 2. The summed E-state index contributed by atoms with van der Waals surface area (Å²) in [5.41, 5.74) is 1.61. The van der Waals surface area contributed by atoms with Crippen LogP contribution in [0.2, 0.25) is 0 Å². The fraction of sp³-hybridized carbons (Fsp3) is 0.364. The molecule has 0 saturated carbocycles. The molecule has 0 spiro atoms. The molecular formula is C11H14O4. The number of benzene rings is 1. The first kappa shape index (κ1) is 11.5. The predicted molar refractivity (Wildman–Crippen MR) is 55.0 cm³/mol. The Morgan fingerprint density at radius 3 is 2.67 bits per heavy atom. The van der Waals surface area contributed by atoms with E-state index in [4.69, 9.17) is 14.6 Å². The van der Waals surface area contributed by atoms with Gasteiger partial charge in [-0.15, -0.1) is 0 Å². The van der Waals surface area contributed by atoms with Crippen LogP contribution in [-0.4, -0.2) is 25.3 Å². The molecule has 0 atom stereocenters. The van der Waals surface area contributed by atoms with Crippen LogP contribution in [0.25, 0.3) is 0 Å². The van der Waals surface area contributed by atoms with Crippen LogP contribution in [0.15, 0.2) is 18.2 Å². The van der Waals surface area contributed by atoms with E-state index in [-0.39, 0.29) is 6.42 Å². The van der Waals surface area contributed by atoms with Gasteiger partial charge in [0.2, 0.25) is 0 Å². The monoisotopic (exact) mass is 210 g/mol. The van der Waals surface area contributed by atoms with E-state index in [1.807, 2.05) is 0 Å². The van der Waals surface area contributed by atoms with Crippen molar-refractivity contribution >= 4 is 5.97 Å². The van der Waals surface area contributed by atoms with Crippen LogP contribution in [0.5, 0.6) is 5.75 Å². The molecule has 0 fully saturated rings. The Morgan fingerprint density at radius 2 is 2.13 bits per heavy atom.